The summed E-state index contributed by atoms with van der Waals surface area (Å²) >= 11 is 0. The normalized spacial score (nSPS) is 11.2. The van der Waals surface area contributed by atoms with Crippen molar-refractivity contribution >= 4 is 5.91 Å². The first-order valence-corrected chi connectivity index (χ1v) is 9.33. The van der Waals surface area contributed by atoms with E-state index in [2.05, 4.69) is 21.9 Å². The third kappa shape index (κ3) is 5.76. The number of amides is 1. The molecule has 0 atom stereocenters. The van der Waals surface area contributed by atoms with Gasteiger partial charge >= 0.3 is 0 Å². The predicted molar refractivity (Wildman–Crippen MR) is 111 cm³/mol. The average Bonchev–Trinajstić information content (AvgIpc) is 3.17. The molecule has 158 valence electrons. The minimum atomic E-state index is -2.84. The largest absolute Gasteiger partial charge is 0.510 e. The molecule has 0 radical (unpaired) electrons. The highest BCUT2D eigenvalue weighted by molar-refractivity contribution is 5.94. The Bertz CT molecular complexity index is 1160. The molecular weight excluding hydrogens is 402 g/mol. The molecule has 6 nitrogen and oxygen atoms in total. The molecule has 0 spiro atoms. The molecular formula is C23H20F2N4O2. The van der Waals surface area contributed by atoms with Crippen molar-refractivity contribution in [3.8, 4) is 11.8 Å². The number of nitrogens with zero attached hydrogens (tertiary/aromatic N) is 4. The van der Waals surface area contributed by atoms with Gasteiger partial charge in [0.1, 0.15) is 11.5 Å². The van der Waals surface area contributed by atoms with Crippen molar-refractivity contribution in [2.24, 2.45) is 7.05 Å². The Balaban J connectivity index is 1.83. The van der Waals surface area contributed by atoms with Gasteiger partial charge in [-0.15, -0.1) is 0 Å². The molecule has 0 unspecified atom stereocenters. The van der Waals surface area contributed by atoms with E-state index in [9.17, 15) is 18.7 Å². The first-order valence-electron chi connectivity index (χ1n) is 9.33. The maximum absolute atomic E-state index is 13.3. The van der Waals surface area contributed by atoms with Gasteiger partial charge in [-0.3, -0.25) is 14.5 Å². The molecule has 3 aromatic rings. The van der Waals surface area contributed by atoms with E-state index >= 15 is 0 Å². The summed E-state index contributed by atoms with van der Waals surface area (Å²) < 4.78 is 28.2. The van der Waals surface area contributed by atoms with Gasteiger partial charge in [-0.05, 0) is 11.6 Å². The summed E-state index contributed by atoms with van der Waals surface area (Å²) in [4.78, 5) is 17.6. The van der Waals surface area contributed by atoms with Crippen molar-refractivity contribution < 1.29 is 18.7 Å². The number of allylic oxidation sites excluding steroid dienone is 1. The van der Waals surface area contributed by atoms with Crippen LogP contribution in [0, 0.1) is 11.8 Å². The lowest BCUT2D eigenvalue weighted by atomic mass is 10.1. The number of aliphatic hydroxyl groups excluding tert-OH is 1. The SMILES string of the molecule is CN(/C=C(\O)Cc1ccccc1)C(=O)c1cnc(C(F)F)c(C#Cc2cnn(C)c2)c1. The highest BCUT2D eigenvalue weighted by Gasteiger charge is 2.18. The highest BCUT2D eigenvalue weighted by atomic mass is 19.3. The molecule has 2 aromatic heterocycles. The first-order chi connectivity index (χ1) is 14.8. The van der Waals surface area contributed by atoms with E-state index < -0.39 is 18.0 Å². The second-order valence-electron chi connectivity index (χ2n) is 6.81. The van der Waals surface area contributed by atoms with Crippen LogP contribution in [-0.4, -0.2) is 37.7 Å². The van der Waals surface area contributed by atoms with Gasteiger partial charge in [0, 0.05) is 39.1 Å². The van der Waals surface area contributed by atoms with Crippen LogP contribution in [0.4, 0.5) is 8.78 Å². The number of hydrogen-bond donors (Lipinski definition) is 1. The van der Waals surface area contributed by atoms with Crippen molar-refractivity contribution in [3.63, 3.8) is 0 Å². The molecule has 0 saturated carbocycles. The quantitative estimate of drug-likeness (QED) is 0.501. The Labute approximate surface area is 178 Å². The Kier molecular flexibility index (Phi) is 6.78. The molecule has 1 N–H and O–H groups in total. The fourth-order valence-electron chi connectivity index (χ4n) is 2.83. The minimum absolute atomic E-state index is 0.0178. The van der Waals surface area contributed by atoms with Crippen LogP contribution in [0.3, 0.4) is 0 Å². The number of carbonyl (C=O) groups is 1. The standard InChI is InChI=1S/C23H20F2N4O2/c1-28(15-20(30)10-16-6-4-3-5-7-16)23(31)19-11-18(21(22(24)25)26-13-19)9-8-17-12-27-29(2)14-17/h3-7,11-15,22,30H,10H2,1-2H3/b20-15-. The second-order valence-corrected chi connectivity index (χ2v) is 6.81. The molecule has 0 aliphatic rings. The van der Waals surface area contributed by atoms with Crippen LogP contribution in [-0.2, 0) is 13.5 Å². The van der Waals surface area contributed by atoms with Gasteiger partial charge in [0.2, 0.25) is 0 Å². The van der Waals surface area contributed by atoms with Gasteiger partial charge in [-0.25, -0.2) is 8.78 Å². The number of aliphatic hydroxyl groups is 1. The number of halogens is 2. The number of carbonyl (C=O) groups excluding carboxylic acids is 1. The van der Waals surface area contributed by atoms with Crippen LogP contribution in [0.5, 0.6) is 0 Å². The van der Waals surface area contributed by atoms with Crippen molar-refractivity contribution in [1.29, 1.82) is 0 Å². The Hall–Kier alpha value is -3.99. The second kappa shape index (κ2) is 9.67. The lowest BCUT2D eigenvalue weighted by molar-refractivity contribution is 0.0843. The topological polar surface area (TPSA) is 71.2 Å². The van der Waals surface area contributed by atoms with Crippen LogP contribution in [0.1, 0.15) is 39.2 Å². The molecule has 0 saturated heterocycles. The monoisotopic (exact) mass is 422 g/mol. The summed E-state index contributed by atoms with van der Waals surface area (Å²) in [5.74, 6) is 4.86. The molecule has 0 bridgehead atoms. The molecule has 3 rings (SSSR count). The van der Waals surface area contributed by atoms with Crippen LogP contribution < -0.4 is 0 Å². The predicted octanol–water partition coefficient (Wildman–Crippen LogP) is 3.87. The van der Waals surface area contributed by atoms with E-state index in [1.807, 2.05) is 30.3 Å². The lowest BCUT2D eigenvalue weighted by Crippen LogP contribution is -2.22. The van der Waals surface area contributed by atoms with Crippen LogP contribution in [0.25, 0.3) is 0 Å². The zero-order valence-corrected chi connectivity index (χ0v) is 17.0. The number of hydrogen-bond acceptors (Lipinski definition) is 4. The van der Waals surface area contributed by atoms with E-state index in [0.29, 0.717) is 5.56 Å². The van der Waals surface area contributed by atoms with Crippen molar-refractivity contribution in [1.82, 2.24) is 19.7 Å². The summed E-state index contributed by atoms with van der Waals surface area (Å²) in [6.45, 7) is 0. The zero-order valence-electron chi connectivity index (χ0n) is 17.0. The van der Waals surface area contributed by atoms with E-state index in [0.717, 1.165) is 11.8 Å². The molecule has 1 aromatic carbocycles. The van der Waals surface area contributed by atoms with Gasteiger partial charge < -0.3 is 10.0 Å². The lowest BCUT2D eigenvalue weighted by Gasteiger charge is -2.14. The molecule has 31 heavy (non-hydrogen) atoms. The van der Waals surface area contributed by atoms with Gasteiger partial charge in [0.05, 0.1) is 22.9 Å². The number of aromatic nitrogens is 3. The van der Waals surface area contributed by atoms with Crippen molar-refractivity contribution in [3.05, 3.63) is 94.9 Å². The van der Waals surface area contributed by atoms with Gasteiger partial charge in [-0.1, -0.05) is 42.2 Å². The fourth-order valence-corrected chi connectivity index (χ4v) is 2.83. The summed E-state index contributed by atoms with van der Waals surface area (Å²) in [6.07, 6.45) is 2.93. The smallest absolute Gasteiger partial charge is 0.281 e. The molecule has 0 aliphatic carbocycles. The molecule has 0 fully saturated rings. The Morgan fingerprint density at radius 3 is 2.65 bits per heavy atom. The molecule has 2 heterocycles. The number of benzene rings is 1. The van der Waals surface area contributed by atoms with Gasteiger partial charge in [0.25, 0.3) is 12.3 Å². The van der Waals surface area contributed by atoms with E-state index in [-0.39, 0.29) is 23.3 Å². The number of pyridine rings is 1. The van der Waals surface area contributed by atoms with Crippen LogP contribution >= 0.6 is 0 Å². The summed E-state index contributed by atoms with van der Waals surface area (Å²) in [5, 5.41) is 14.1. The summed E-state index contributed by atoms with van der Waals surface area (Å²) in [5.41, 5.74) is 0.957. The summed E-state index contributed by atoms with van der Waals surface area (Å²) in [6, 6.07) is 10.5. The third-order valence-electron chi connectivity index (χ3n) is 4.31. The summed E-state index contributed by atoms with van der Waals surface area (Å²) in [7, 11) is 3.18. The van der Waals surface area contributed by atoms with E-state index in [1.165, 1.54) is 30.4 Å². The number of aryl methyl sites for hydroxylation is 1. The third-order valence-corrected chi connectivity index (χ3v) is 4.31. The average molecular weight is 422 g/mol. The maximum Gasteiger partial charge on any atom is 0.281 e. The van der Waals surface area contributed by atoms with Crippen LogP contribution in [0.2, 0.25) is 0 Å². The van der Waals surface area contributed by atoms with Gasteiger partial charge in [0.15, 0.2) is 0 Å². The van der Waals surface area contributed by atoms with Gasteiger partial charge in [-0.2, -0.15) is 5.10 Å². The fraction of sp³-hybridized carbons (Fsp3) is 0.174. The number of alkyl halides is 2. The Morgan fingerprint density at radius 1 is 1.26 bits per heavy atom. The molecule has 0 aliphatic heterocycles. The highest BCUT2D eigenvalue weighted by Crippen LogP contribution is 2.21. The van der Waals surface area contributed by atoms with Crippen molar-refractivity contribution in [2.45, 2.75) is 12.8 Å². The maximum atomic E-state index is 13.3. The minimum Gasteiger partial charge on any atom is -0.510 e. The first kappa shape index (κ1) is 21.7. The van der Waals surface area contributed by atoms with E-state index in [1.54, 1.807) is 17.9 Å². The van der Waals surface area contributed by atoms with E-state index in [4.69, 9.17) is 0 Å². The molecule has 8 heteroatoms. The zero-order chi connectivity index (χ0) is 22.4. The molecule has 1 amide bonds. The van der Waals surface area contributed by atoms with Crippen molar-refractivity contribution in [2.75, 3.05) is 7.05 Å². The van der Waals surface area contributed by atoms with Crippen LogP contribution in [0.15, 0.2) is 66.9 Å². The Morgan fingerprint density at radius 2 is 2.00 bits per heavy atom. The number of rotatable bonds is 5.